The molecule has 1 atom stereocenters. The fourth-order valence-electron chi connectivity index (χ4n) is 0.984. The molecule has 0 N–H and O–H groups in total. The van der Waals surface area contributed by atoms with Gasteiger partial charge in [-0.2, -0.15) is 5.06 Å². The SMILES string of the molecule is C=CCON1[CH]CC1CC. The monoisotopic (exact) mass is 140 g/mol. The molecule has 0 aromatic carbocycles. The second kappa shape index (κ2) is 3.74. The van der Waals surface area contributed by atoms with Gasteiger partial charge in [0.05, 0.1) is 13.2 Å². The first-order valence-electron chi connectivity index (χ1n) is 3.74. The van der Waals surface area contributed by atoms with Gasteiger partial charge in [0.15, 0.2) is 0 Å². The molecule has 0 aliphatic carbocycles. The fraction of sp³-hybridized carbons (Fsp3) is 0.625. The molecule has 0 aromatic rings. The molecule has 0 saturated carbocycles. The van der Waals surface area contributed by atoms with Crippen LogP contribution in [0.2, 0.25) is 0 Å². The van der Waals surface area contributed by atoms with E-state index in [1.54, 1.807) is 6.08 Å². The Kier molecular flexibility index (Phi) is 2.90. The highest BCUT2D eigenvalue weighted by atomic mass is 16.7. The lowest BCUT2D eigenvalue weighted by atomic mass is 10.0. The van der Waals surface area contributed by atoms with Gasteiger partial charge < -0.3 is 0 Å². The largest absolute Gasteiger partial charge is 0.294 e. The molecule has 1 radical (unpaired) electrons. The molecule has 0 amide bonds. The Morgan fingerprint density at radius 2 is 2.70 bits per heavy atom. The van der Waals surface area contributed by atoms with Crippen LogP contribution >= 0.6 is 0 Å². The second-order valence-electron chi connectivity index (χ2n) is 2.42. The number of hydroxylamine groups is 2. The zero-order valence-corrected chi connectivity index (χ0v) is 6.42. The number of hydrogen-bond donors (Lipinski definition) is 0. The van der Waals surface area contributed by atoms with Gasteiger partial charge in [0, 0.05) is 6.04 Å². The van der Waals surface area contributed by atoms with E-state index in [2.05, 4.69) is 20.0 Å². The molecule has 1 unspecified atom stereocenters. The number of nitrogens with zero attached hydrogens (tertiary/aromatic N) is 1. The lowest BCUT2D eigenvalue weighted by Gasteiger charge is -2.38. The maximum Gasteiger partial charge on any atom is 0.0864 e. The Morgan fingerprint density at radius 3 is 3.10 bits per heavy atom. The summed E-state index contributed by atoms with van der Waals surface area (Å²) in [7, 11) is 0. The molecule has 2 heteroatoms. The fourth-order valence-corrected chi connectivity index (χ4v) is 0.984. The third-order valence-electron chi connectivity index (χ3n) is 1.73. The van der Waals surface area contributed by atoms with E-state index in [4.69, 9.17) is 4.84 Å². The van der Waals surface area contributed by atoms with E-state index >= 15 is 0 Å². The van der Waals surface area contributed by atoms with E-state index in [0.29, 0.717) is 12.6 Å². The minimum Gasteiger partial charge on any atom is -0.294 e. The van der Waals surface area contributed by atoms with E-state index in [0.717, 1.165) is 12.8 Å². The molecule has 10 heavy (non-hydrogen) atoms. The molecule has 1 aliphatic heterocycles. The van der Waals surface area contributed by atoms with Crippen LogP contribution in [0.3, 0.4) is 0 Å². The first-order chi connectivity index (χ1) is 4.88. The smallest absolute Gasteiger partial charge is 0.0864 e. The van der Waals surface area contributed by atoms with Crippen molar-refractivity contribution in [3.8, 4) is 0 Å². The predicted molar refractivity (Wildman–Crippen MR) is 41.0 cm³/mol. The Balaban J connectivity index is 2.10. The Hall–Kier alpha value is -0.340. The maximum atomic E-state index is 5.29. The Bertz CT molecular complexity index is 112. The minimum absolute atomic E-state index is 0.611. The van der Waals surface area contributed by atoms with Crippen molar-refractivity contribution in [2.75, 3.05) is 6.61 Å². The van der Waals surface area contributed by atoms with E-state index in [9.17, 15) is 0 Å². The van der Waals surface area contributed by atoms with E-state index < -0.39 is 0 Å². The molecule has 1 heterocycles. The molecule has 2 nitrogen and oxygen atoms in total. The van der Waals surface area contributed by atoms with Gasteiger partial charge in [-0.1, -0.05) is 13.0 Å². The van der Waals surface area contributed by atoms with E-state index in [1.165, 1.54) is 0 Å². The molecule has 0 bridgehead atoms. The summed E-state index contributed by atoms with van der Waals surface area (Å²) in [5, 5.41) is 1.92. The summed E-state index contributed by atoms with van der Waals surface area (Å²) >= 11 is 0. The number of rotatable bonds is 4. The summed E-state index contributed by atoms with van der Waals surface area (Å²) in [6.07, 6.45) is 4.08. The van der Waals surface area contributed by atoms with E-state index in [1.807, 2.05) is 5.06 Å². The van der Waals surface area contributed by atoms with Gasteiger partial charge in [0.2, 0.25) is 0 Å². The van der Waals surface area contributed by atoms with Crippen LogP contribution in [-0.4, -0.2) is 17.7 Å². The minimum atomic E-state index is 0.611. The zero-order chi connectivity index (χ0) is 7.40. The van der Waals surface area contributed by atoms with Crippen molar-refractivity contribution >= 4 is 0 Å². The summed E-state index contributed by atoms with van der Waals surface area (Å²) in [5.74, 6) is 0. The topological polar surface area (TPSA) is 12.5 Å². The Labute approximate surface area is 62.4 Å². The van der Waals surface area contributed by atoms with Gasteiger partial charge in [0.25, 0.3) is 0 Å². The van der Waals surface area contributed by atoms with Gasteiger partial charge >= 0.3 is 0 Å². The normalized spacial score (nSPS) is 25.9. The van der Waals surface area contributed by atoms with Crippen molar-refractivity contribution in [2.45, 2.75) is 25.8 Å². The van der Waals surface area contributed by atoms with Crippen LogP contribution in [0.25, 0.3) is 0 Å². The highest BCUT2D eigenvalue weighted by Crippen LogP contribution is 2.23. The third kappa shape index (κ3) is 1.58. The van der Waals surface area contributed by atoms with Crippen LogP contribution in [0.5, 0.6) is 0 Å². The molecule has 0 aromatic heterocycles. The lowest BCUT2D eigenvalue weighted by Crippen LogP contribution is -2.42. The number of hydrogen-bond acceptors (Lipinski definition) is 2. The molecule has 1 aliphatic rings. The highest BCUT2D eigenvalue weighted by molar-refractivity contribution is 4.86. The average molecular weight is 140 g/mol. The highest BCUT2D eigenvalue weighted by Gasteiger charge is 2.26. The zero-order valence-electron chi connectivity index (χ0n) is 6.42. The van der Waals surface area contributed by atoms with Gasteiger partial charge in [0.1, 0.15) is 0 Å². The van der Waals surface area contributed by atoms with Crippen LogP contribution in [0.1, 0.15) is 19.8 Å². The van der Waals surface area contributed by atoms with E-state index in [-0.39, 0.29) is 0 Å². The molecule has 57 valence electrons. The van der Waals surface area contributed by atoms with Gasteiger partial charge in [-0.3, -0.25) is 4.84 Å². The molecular formula is C8H14NO. The van der Waals surface area contributed by atoms with Crippen LogP contribution in [0, 0.1) is 6.54 Å². The molecule has 1 fully saturated rings. The lowest BCUT2D eigenvalue weighted by molar-refractivity contribution is -0.194. The van der Waals surface area contributed by atoms with Crippen LogP contribution in [0.4, 0.5) is 0 Å². The summed E-state index contributed by atoms with van der Waals surface area (Å²) in [4.78, 5) is 5.29. The Morgan fingerprint density at radius 1 is 1.90 bits per heavy atom. The van der Waals surface area contributed by atoms with Crippen molar-refractivity contribution in [3.63, 3.8) is 0 Å². The van der Waals surface area contributed by atoms with Crippen LogP contribution < -0.4 is 0 Å². The van der Waals surface area contributed by atoms with Crippen LogP contribution in [0.15, 0.2) is 12.7 Å². The van der Waals surface area contributed by atoms with Crippen molar-refractivity contribution < 1.29 is 4.84 Å². The van der Waals surface area contributed by atoms with Crippen molar-refractivity contribution in [1.82, 2.24) is 5.06 Å². The standard InChI is InChI=1S/C8H14NO/c1-3-7-10-9-6-5-8(9)4-2/h3,6,8H,1,4-5,7H2,2H3. The predicted octanol–water partition coefficient (Wildman–Crippen LogP) is 1.75. The van der Waals surface area contributed by atoms with Gasteiger partial charge in [-0.15, -0.1) is 6.58 Å². The maximum absolute atomic E-state index is 5.29. The first-order valence-corrected chi connectivity index (χ1v) is 3.74. The molecule has 0 spiro atoms. The van der Waals surface area contributed by atoms with Gasteiger partial charge in [-0.05, 0) is 12.8 Å². The first kappa shape index (κ1) is 7.76. The molecular weight excluding hydrogens is 126 g/mol. The van der Waals surface area contributed by atoms with Gasteiger partial charge in [-0.25, -0.2) is 0 Å². The summed E-state index contributed by atoms with van der Waals surface area (Å²) in [5.41, 5.74) is 0. The van der Waals surface area contributed by atoms with Crippen LogP contribution in [-0.2, 0) is 4.84 Å². The third-order valence-corrected chi connectivity index (χ3v) is 1.73. The van der Waals surface area contributed by atoms with Crippen molar-refractivity contribution in [2.24, 2.45) is 0 Å². The summed E-state index contributed by atoms with van der Waals surface area (Å²) in [6.45, 7) is 8.43. The summed E-state index contributed by atoms with van der Waals surface area (Å²) in [6, 6.07) is 0.611. The van der Waals surface area contributed by atoms with Crippen molar-refractivity contribution in [3.05, 3.63) is 19.2 Å². The second-order valence-corrected chi connectivity index (χ2v) is 2.42. The summed E-state index contributed by atoms with van der Waals surface area (Å²) < 4.78 is 0. The van der Waals surface area contributed by atoms with Crippen molar-refractivity contribution in [1.29, 1.82) is 0 Å². The quantitative estimate of drug-likeness (QED) is 0.551. The average Bonchev–Trinajstić information content (AvgIpc) is 1.88. The molecule has 1 saturated heterocycles. The molecule has 1 rings (SSSR count).